The minimum atomic E-state index is -0.627. The molecule has 0 saturated carbocycles. The zero-order chi connectivity index (χ0) is 15.5. The smallest absolute Gasteiger partial charge is 0.129 e. The van der Waals surface area contributed by atoms with Crippen molar-refractivity contribution in [3.05, 3.63) is 18.1 Å². The second-order valence-corrected chi connectivity index (χ2v) is 8.18. The van der Waals surface area contributed by atoms with Crippen molar-refractivity contribution in [3.8, 4) is 0 Å². The van der Waals surface area contributed by atoms with E-state index in [9.17, 15) is 4.21 Å². The van der Waals surface area contributed by atoms with Gasteiger partial charge in [-0.05, 0) is 19.8 Å². The van der Waals surface area contributed by atoms with Crippen molar-refractivity contribution >= 4 is 16.6 Å². The van der Waals surface area contributed by atoms with Crippen LogP contribution >= 0.6 is 0 Å². The first-order chi connectivity index (χ1) is 9.88. The molecule has 1 N–H and O–H groups in total. The van der Waals surface area contributed by atoms with Crippen molar-refractivity contribution in [1.82, 2.24) is 14.9 Å². The minimum Gasteiger partial charge on any atom is -0.368 e. The van der Waals surface area contributed by atoms with Crippen molar-refractivity contribution in [2.24, 2.45) is 0 Å². The first-order valence-electron chi connectivity index (χ1n) is 7.54. The third-order valence-electron chi connectivity index (χ3n) is 4.02. The average Bonchev–Trinajstić information content (AvgIpc) is 2.46. The highest BCUT2D eigenvalue weighted by atomic mass is 32.2. The van der Waals surface area contributed by atoms with Crippen molar-refractivity contribution in [1.29, 1.82) is 0 Å². The molecule has 0 spiro atoms. The lowest BCUT2D eigenvalue weighted by atomic mass is 10.0. The fourth-order valence-electron chi connectivity index (χ4n) is 2.45. The summed E-state index contributed by atoms with van der Waals surface area (Å²) in [6.45, 7) is 11.3. The quantitative estimate of drug-likeness (QED) is 0.899. The molecule has 1 fully saturated rings. The predicted molar refractivity (Wildman–Crippen MR) is 88.1 cm³/mol. The van der Waals surface area contributed by atoms with Crippen LogP contribution in [0.4, 0.5) is 5.82 Å². The van der Waals surface area contributed by atoms with Crippen LogP contribution in [0.15, 0.2) is 12.4 Å². The maximum Gasteiger partial charge on any atom is 0.129 e. The summed E-state index contributed by atoms with van der Waals surface area (Å²) < 4.78 is 11.5. The summed E-state index contributed by atoms with van der Waals surface area (Å²) in [6.07, 6.45) is 1.62. The Labute approximate surface area is 130 Å². The van der Waals surface area contributed by atoms with Gasteiger partial charge in [-0.15, -0.1) is 0 Å². The summed E-state index contributed by atoms with van der Waals surface area (Å²) >= 11 is 0. The van der Waals surface area contributed by atoms with Gasteiger partial charge in [0.05, 0.1) is 0 Å². The third kappa shape index (κ3) is 4.48. The SMILES string of the molecule is CC(C)c1cc(NCC(C)(C)N2CCS(=O)CC2)ncn1. The van der Waals surface area contributed by atoms with Crippen LogP contribution in [0.3, 0.4) is 0 Å². The van der Waals surface area contributed by atoms with Crippen LogP contribution in [-0.4, -0.2) is 55.8 Å². The minimum absolute atomic E-state index is 0.0214. The molecule has 1 aliphatic heterocycles. The van der Waals surface area contributed by atoms with Crippen molar-refractivity contribution < 1.29 is 4.21 Å². The molecule has 1 saturated heterocycles. The van der Waals surface area contributed by atoms with E-state index < -0.39 is 10.8 Å². The highest BCUT2D eigenvalue weighted by molar-refractivity contribution is 7.85. The Morgan fingerprint density at radius 2 is 2.00 bits per heavy atom. The topological polar surface area (TPSA) is 58.1 Å². The van der Waals surface area contributed by atoms with Gasteiger partial charge in [0.1, 0.15) is 12.1 Å². The lowest BCUT2D eigenvalue weighted by molar-refractivity contribution is 0.145. The van der Waals surface area contributed by atoms with Crippen LogP contribution in [0.1, 0.15) is 39.3 Å². The van der Waals surface area contributed by atoms with Crippen LogP contribution in [0, 0.1) is 0 Å². The summed E-state index contributed by atoms with van der Waals surface area (Å²) in [5.74, 6) is 2.85. The van der Waals surface area contributed by atoms with Crippen molar-refractivity contribution in [2.45, 2.75) is 39.2 Å². The Morgan fingerprint density at radius 1 is 1.33 bits per heavy atom. The molecule has 0 radical (unpaired) electrons. The molecular weight excluding hydrogens is 284 g/mol. The number of anilines is 1. The molecule has 0 atom stereocenters. The van der Waals surface area contributed by atoms with E-state index in [0.29, 0.717) is 5.92 Å². The van der Waals surface area contributed by atoms with Crippen LogP contribution in [0.25, 0.3) is 0 Å². The number of rotatable bonds is 5. The molecule has 1 aliphatic rings. The molecule has 0 bridgehead atoms. The fourth-order valence-corrected chi connectivity index (χ4v) is 3.50. The molecule has 5 nitrogen and oxygen atoms in total. The molecule has 0 aliphatic carbocycles. The average molecular weight is 310 g/mol. The van der Waals surface area contributed by atoms with Gasteiger partial charge in [-0.25, -0.2) is 9.97 Å². The van der Waals surface area contributed by atoms with E-state index >= 15 is 0 Å². The molecule has 0 unspecified atom stereocenters. The van der Waals surface area contributed by atoms with Gasteiger partial charge >= 0.3 is 0 Å². The normalized spacial score (nSPS) is 18.1. The molecule has 6 heteroatoms. The van der Waals surface area contributed by atoms with Gasteiger partial charge in [-0.1, -0.05) is 13.8 Å². The van der Waals surface area contributed by atoms with Gasteiger partial charge in [-0.2, -0.15) is 0 Å². The molecule has 21 heavy (non-hydrogen) atoms. The van der Waals surface area contributed by atoms with Gasteiger partial charge in [0.2, 0.25) is 0 Å². The number of nitrogens with one attached hydrogen (secondary N) is 1. The van der Waals surface area contributed by atoms with Crippen molar-refractivity contribution in [3.63, 3.8) is 0 Å². The van der Waals surface area contributed by atoms with E-state index in [1.807, 2.05) is 6.07 Å². The second-order valence-electron chi connectivity index (χ2n) is 6.48. The van der Waals surface area contributed by atoms with E-state index in [0.717, 1.165) is 42.7 Å². The molecular formula is C15H26N4OS. The third-order valence-corrected chi connectivity index (χ3v) is 5.29. The summed E-state index contributed by atoms with van der Waals surface area (Å²) in [5.41, 5.74) is 1.08. The Balaban J connectivity index is 1.94. The van der Waals surface area contributed by atoms with Crippen LogP contribution in [-0.2, 0) is 10.8 Å². The molecule has 1 aromatic heterocycles. The van der Waals surface area contributed by atoms with E-state index in [1.54, 1.807) is 6.33 Å². The van der Waals surface area contributed by atoms with Crippen LogP contribution < -0.4 is 5.32 Å². The Bertz CT molecular complexity index is 494. The van der Waals surface area contributed by atoms with Gasteiger partial charge in [0.15, 0.2) is 0 Å². The van der Waals surface area contributed by atoms with Crippen molar-refractivity contribution in [2.75, 3.05) is 36.5 Å². The Kier molecular flexibility index (Phi) is 5.32. The Morgan fingerprint density at radius 3 is 2.62 bits per heavy atom. The zero-order valence-corrected chi connectivity index (χ0v) is 14.2. The van der Waals surface area contributed by atoms with Gasteiger partial charge in [0, 0.05) is 59.2 Å². The molecule has 2 heterocycles. The predicted octanol–water partition coefficient (Wildman–Crippen LogP) is 1.85. The van der Waals surface area contributed by atoms with Gasteiger partial charge in [-0.3, -0.25) is 9.11 Å². The maximum absolute atomic E-state index is 11.5. The molecule has 0 amide bonds. The first kappa shape index (κ1) is 16.4. The second kappa shape index (κ2) is 6.83. The maximum atomic E-state index is 11.5. The molecule has 2 rings (SSSR count). The highest BCUT2D eigenvalue weighted by Crippen LogP contribution is 2.19. The van der Waals surface area contributed by atoms with E-state index in [4.69, 9.17) is 0 Å². The molecule has 0 aromatic carbocycles. The number of nitrogens with zero attached hydrogens (tertiary/aromatic N) is 3. The Hall–Kier alpha value is -1.01. The van der Waals surface area contributed by atoms with Gasteiger partial charge < -0.3 is 5.32 Å². The fraction of sp³-hybridized carbons (Fsp3) is 0.733. The van der Waals surface area contributed by atoms with E-state index in [1.165, 1.54) is 0 Å². The lowest BCUT2D eigenvalue weighted by Crippen LogP contribution is -2.53. The number of aromatic nitrogens is 2. The molecule has 1 aromatic rings. The summed E-state index contributed by atoms with van der Waals surface area (Å²) in [5, 5.41) is 3.42. The summed E-state index contributed by atoms with van der Waals surface area (Å²) in [4.78, 5) is 11.0. The number of hydrogen-bond donors (Lipinski definition) is 1. The monoisotopic (exact) mass is 310 g/mol. The van der Waals surface area contributed by atoms with E-state index in [-0.39, 0.29) is 5.54 Å². The zero-order valence-electron chi connectivity index (χ0n) is 13.4. The largest absolute Gasteiger partial charge is 0.368 e. The standard InChI is InChI=1S/C15H26N4OS/c1-12(2)13-9-14(18-11-17-13)16-10-15(3,4)19-5-7-21(20)8-6-19/h9,11-12H,5-8,10H2,1-4H3,(H,16,17,18). The first-order valence-corrected chi connectivity index (χ1v) is 9.03. The summed E-state index contributed by atoms with van der Waals surface area (Å²) in [6, 6.07) is 2.02. The highest BCUT2D eigenvalue weighted by Gasteiger charge is 2.29. The van der Waals surface area contributed by atoms with Crippen LogP contribution in [0.5, 0.6) is 0 Å². The number of hydrogen-bond acceptors (Lipinski definition) is 5. The van der Waals surface area contributed by atoms with E-state index in [2.05, 4.69) is 47.9 Å². The van der Waals surface area contributed by atoms with Gasteiger partial charge in [0.25, 0.3) is 0 Å². The molecule has 118 valence electrons. The lowest BCUT2D eigenvalue weighted by Gasteiger charge is -2.40. The summed E-state index contributed by atoms with van der Waals surface area (Å²) in [7, 11) is -0.627. The van der Waals surface area contributed by atoms with Crippen LogP contribution in [0.2, 0.25) is 0 Å².